The Labute approximate surface area is 150 Å². The monoisotopic (exact) mass is 367 g/mol. The minimum Gasteiger partial charge on any atom is -0.326 e. The van der Waals surface area contributed by atoms with Gasteiger partial charge in [-0.2, -0.15) is 13.2 Å². The molecule has 0 saturated heterocycles. The van der Waals surface area contributed by atoms with Gasteiger partial charge in [-0.3, -0.25) is 4.79 Å². The number of halogens is 3. The van der Waals surface area contributed by atoms with Crippen LogP contribution in [0.5, 0.6) is 0 Å². The lowest BCUT2D eigenvalue weighted by molar-refractivity contribution is -0.147. The van der Waals surface area contributed by atoms with E-state index in [4.69, 9.17) is 0 Å². The number of nitrogens with one attached hydrogen (secondary N) is 1. The topological polar surface area (TPSA) is 46.9 Å². The van der Waals surface area contributed by atoms with Crippen molar-refractivity contribution in [3.63, 3.8) is 0 Å². The fourth-order valence-corrected chi connectivity index (χ4v) is 3.65. The van der Waals surface area contributed by atoms with Crippen LogP contribution < -0.4 is 5.32 Å². The molecule has 1 saturated carbocycles. The second-order valence-electron chi connectivity index (χ2n) is 6.95. The molecule has 1 aliphatic rings. The van der Waals surface area contributed by atoms with Gasteiger partial charge in [0, 0.05) is 18.2 Å². The number of amides is 1. The maximum absolute atomic E-state index is 13.5. The van der Waals surface area contributed by atoms with E-state index in [1.165, 1.54) is 10.6 Å². The molecule has 0 spiro atoms. The van der Waals surface area contributed by atoms with E-state index in [2.05, 4.69) is 10.3 Å². The lowest BCUT2D eigenvalue weighted by Gasteiger charge is -2.26. The Kier molecular flexibility index (Phi) is 5.53. The number of rotatable bonds is 5. The molecule has 1 fully saturated rings. The highest BCUT2D eigenvalue weighted by Gasteiger charge is 2.39. The zero-order valence-electron chi connectivity index (χ0n) is 14.9. The van der Waals surface area contributed by atoms with Crippen LogP contribution in [-0.4, -0.2) is 15.5 Å². The van der Waals surface area contributed by atoms with Crippen LogP contribution in [0.25, 0.3) is 11.0 Å². The zero-order chi connectivity index (χ0) is 18.7. The van der Waals surface area contributed by atoms with Crippen molar-refractivity contribution in [2.75, 3.05) is 5.32 Å². The Morgan fingerprint density at radius 2 is 2.00 bits per heavy atom. The Balaban J connectivity index is 1.96. The number of imidazole rings is 1. The van der Waals surface area contributed by atoms with Crippen LogP contribution in [-0.2, 0) is 11.0 Å². The summed E-state index contributed by atoms with van der Waals surface area (Å²) in [5.74, 6) is -0.970. The van der Waals surface area contributed by atoms with Crippen molar-refractivity contribution in [1.29, 1.82) is 0 Å². The van der Waals surface area contributed by atoms with Gasteiger partial charge in [-0.25, -0.2) is 4.98 Å². The van der Waals surface area contributed by atoms with Crippen LogP contribution in [0.2, 0.25) is 0 Å². The summed E-state index contributed by atoms with van der Waals surface area (Å²) in [5.41, 5.74) is 1.24. The Morgan fingerprint density at radius 1 is 1.27 bits per heavy atom. The molecule has 0 aliphatic heterocycles. The molecule has 1 amide bonds. The van der Waals surface area contributed by atoms with E-state index in [1.807, 2.05) is 6.92 Å². The van der Waals surface area contributed by atoms with Gasteiger partial charge < -0.3 is 9.88 Å². The number of carbonyl (C=O) groups excluding carboxylic acids is 1. The summed E-state index contributed by atoms with van der Waals surface area (Å²) in [7, 11) is 0. The second kappa shape index (κ2) is 7.68. The fourth-order valence-electron chi connectivity index (χ4n) is 3.65. The van der Waals surface area contributed by atoms with E-state index in [0.29, 0.717) is 17.6 Å². The number of benzene rings is 1. The van der Waals surface area contributed by atoms with Crippen LogP contribution in [0.1, 0.15) is 70.2 Å². The zero-order valence-corrected chi connectivity index (χ0v) is 14.9. The van der Waals surface area contributed by atoms with Crippen LogP contribution in [0.15, 0.2) is 18.2 Å². The van der Waals surface area contributed by atoms with Crippen LogP contribution in [0.4, 0.5) is 18.9 Å². The maximum atomic E-state index is 13.5. The van der Waals surface area contributed by atoms with Gasteiger partial charge in [0.15, 0.2) is 0 Å². The summed E-state index contributed by atoms with van der Waals surface area (Å²) in [6, 6.07) is 4.67. The number of hydrogen-bond acceptors (Lipinski definition) is 2. The molecule has 142 valence electrons. The van der Waals surface area contributed by atoms with Crippen molar-refractivity contribution in [2.24, 2.45) is 0 Å². The number of nitrogens with zero attached hydrogens (tertiary/aromatic N) is 2. The van der Waals surface area contributed by atoms with Gasteiger partial charge in [-0.1, -0.05) is 32.6 Å². The molecule has 2 aromatic rings. The van der Waals surface area contributed by atoms with E-state index >= 15 is 0 Å². The van der Waals surface area contributed by atoms with Gasteiger partial charge >= 0.3 is 6.18 Å². The summed E-state index contributed by atoms with van der Waals surface area (Å²) in [5, 5.41) is 2.75. The Bertz CT molecular complexity index is 776. The lowest BCUT2D eigenvalue weighted by atomic mass is 9.95. The van der Waals surface area contributed by atoms with Crippen LogP contribution >= 0.6 is 0 Å². The predicted octanol–water partition coefficient (Wildman–Crippen LogP) is 5.69. The molecule has 1 aromatic carbocycles. The highest BCUT2D eigenvalue weighted by atomic mass is 19.4. The molecule has 0 atom stereocenters. The molecule has 1 N–H and O–H groups in total. The first-order chi connectivity index (χ1) is 12.4. The van der Waals surface area contributed by atoms with E-state index in [0.717, 1.165) is 44.9 Å². The number of aromatic nitrogens is 2. The molecule has 1 aromatic heterocycles. The van der Waals surface area contributed by atoms with Crippen molar-refractivity contribution in [1.82, 2.24) is 9.55 Å². The van der Waals surface area contributed by atoms with Gasteiger partial charge in [0.25, 0.3) is 0 Å². The van der Waals surface area contributed by atoms with E-state index in [-0.39, 0.29) is 17.5 Å². The molecule has 0 radical (unpaired) electrons. The third-order valence-electron chi connectivity index (χ3n) is 4.92. The second-order valence-corrected chi connectivity index (χ2v) is 6.95. The predicted molar refractivity (Wildman–Crippen MR) is 95.0 cm³/mol. The molecule has 26 heavy (non-hydrogen) atoms. The van der Waals surface area contributed by atoms with Crippen LogP contribution in [0.3, 0.4) is 0 Å². The fraction of sp³-hybridized carbons (Fsp3) is 0.579. The lowest BCUT2D eigenvalue weighted by Crippen LogP contribution is -2.21. The van der Waals surface area contributed by atoms with Gasteiger partial charge in [-0.15, -0.1) is 0 Å². The van der Waals surface area contributed by atoms with Gasteiger partial charge in [0.2, 0.25) is 11.7 Å². The van der Waals surface area contributed by atoms with E-state index in [9.17, 15) is 18.0 Å². The van der Waals surface area contributed by atoms with Crippen molar-refractivity contribution in [3.8, 4) is 0 Å². The first-order valence-corrected chi connectivity index (χ1v) is 9.29. The summed E-state index contributed by atoms with van der Waals surface area (Å²) in [6.07, 6.45) is 2.02. The minimum absolute atomic E-state index is 0.131. The Morgan fingerprint density at radius 3 is 2.65 bits per heavy atom. The van der Waals surface area contributed by atoms with Gasteiger partial charge in [-0.05, 0) is 37.5 Å². The molecule has 0 bridgehead atoms. The summed E-state index contributed by atoms with van der Waals surface area (Å²) in [6.45, 7) is 2.00. The Hall–Kier alpha value is -2.05. The summed E-state index contributed by atoms with van der Waals surface area (Å²) < 4.78 is 42.0. The smallest absolute Gasteiger partial charge is 0.326 e. The number of unbranched alkanes of at least 4 members (excludes halogenated alkanes) is 1. The summed E-state index contributed by atoms with van der Waals surface area (Å²) >= 11 is 0. The highest BCUT2D eigenvalue weighted by Crippen LogP contribution is 2.38. The maximum Gasteiger partial charge on any atom is 0.449 e. The van der Waals surface area contributed by atoms with Crippen molar-refractivity contribution in [2.45, 2.75) is 70.5 Å². The quantitative estimate of drug-likeness (QED) is 0.738. The molecule has 0 unspecified atom stereocenters. The highest BCUT2D eigenvalue weighted by molar-refractivity contribution is 5.93. The molecular weight excluding hydrogens is 343 g/mol. The number of carbonyl (C=O) groups is 1. The van der Waals surface area contributed by atoms with Crippen LogP contribution in [0, 0.1) is 0 Å². The number of alkyl halides is 3. The van der Waals surface area contributed by atoms with Crippen molar-refractivity contribution in [3.05, 3.63) is 24.0 Å². The SMILES string of the molecule is CCCCC(=O)Nc1ccc2c(c1)nc(C(F)(F)F)n2C1CCCCC1. The first kappa shape index (κ1) is 18.7. The third-order valence-corrected chi connectivity index (χ3v) is 4.92. The number of hydrogen-bond donors (Lipinski definition) is 1. The van der Waals surface area contributed by atoms with Crippen molar-refractivity contribution >= 4 is 22.6 Å². The van der Waals surface area contributed by atoms with E-state index < -0.39 is 12.0 Å². The molecule has 3 rings (SSSR count). The molecular formula is C19H24F3N3O. The van der Waals surface area contributed by atoms with Crippen molar-refractivity contribution < 1.29 is 18.0 Å². The third kappa shape index (κ3) is 4.02. The number of anilines is 1. The average Bonchev–Trinajstić information content (AvgIpc) is 3.00. The standard InChI is InChI=1S/C19H24F3N3O/c1-2-3-9-17(26)23-13-10-11-16-15(12-13)24-18(19(20,21)22)25(16)14-7-5-4-6-8-14/h10-12,14H,2-9H2,1H3,(H,23,26). The largest absolute Gasteiger partial charge is 0.449 e. The normalized spacial score (nSPS) is 16.2. The summed E-state index contributed by atoms with van der Waals surface area (Å²) in [4.78, 5) is 15.7. The minimum atomic E-state index is -4.50. The van der Waals surface area contributed by atoms with Gasteiger partial charge in [0.1, 0.15) is 0 Å². The number of fused-ring (bicyclic) bond motifs is 1. The van der Waals surface area contributed by atoms with E-state index in [1.54, 1.807) is 12.1 Å². The molecule has 4 nitrogen and oxygen atoms in total. The average molecular weight is 367 g/mol. The molecule has 1 heterocycles. The molecule has 1 aliphatic carbocycles. The molecule has 7 heteroatoms. The van der Waals surface area contributed by atoms with Gasteiger partial charge in [0.05, 0.1) is 11.0 Å². The first-order valence-electron chi connectivity index (χ1n) is 9.29.